The third-order valence-electron chi connectivity index (χ3n) is 1.75. The predicted molar refractivity (Wildman–Crippen MR) is 63.0 cm³/mol. The van der Waals surface area contributed by atoms with E-state index < -0.39 is 0 Å². The van der Waals surface area contributed by atoms with Crippen LogP contribution >= 0.6 is 46.4 Å². The number of rotatable bonds is 0. The molecule has 0 bridgehead atoms. The second-order valence-electron chi connectivity index (χ2n) is 3.95. The number of halogens is 4. The molecule has 1 rings (SSSR count). The van der Waals surface area contributed by atoms with Crippen molar-refractivity contribution in [3.63, 3.8) is 0 Å². The fourth-order valence-electron chi connectivity index (χ4n) is 1.12. The van der Waals surface area contributed by atoms with Gasteiger partial charge in [-0.2, -0.15) is 0 Å². The van der Waals surface area contributed by atoms with Gasteiger partial charge in [0.25, 0.3) is 0 Å². The topological polar surface area (TPSA) is 12.9 Å². The van der Waals surface area contributed by atoms with E-state index in [-0.39, 0.29) is 15.6 Å². The van der Waals surface area contributed by atoms with Crippen LogP contribution in [0.3, 0.4) is 0 Å². The summed E-state index contributed by atoms with van der Waals surface area (Å²) in [6.45, 7) is 5.93. The minimum Gasteiger partial charge on any atom is -0.222 e. The van der Waals surface area contributed by atoms with Crippen LogP contribution in [0.5, 0.6) is 0 Å². The molecule has 1 aromatic rings. The fraction of sp³-hybridized carbons (Fsp3) is 0.444. The van der Waals surface area contributed by atoms with Gasteiger partial charge in [-0.3, -0.25) is 0 Å². The molecule has 0 aliphatic rings. The van der Waals surface area contributed by atoms with Gasteiger partial charge in [0.1, 0.15) is 5.15 Å². The van der Waals surface area contributed by atoms with Gasteiger partial charge in [-0.05, 0) is 5.41 Å². The third-order valence-corrected chi connectivity index (χ3v) is 3.23. The maximum absolute atomic E-state index is 6.05. The van der Waals surface area contributed by atoms with Crippen LogP contribution in [0.2, 0.25) is 20.4 Å². The van der Waals surface area contributed by atoms with Gasteiger partial charge < -0.3 is 0 Å². The Bertz CT molecular complexity index is 368. The molecular weight excluding hydrogens is 264 g/mol. The van der Waals surface area contributed by atoms with Crippen LogP contribution in [0.4, 0.5) is 0 Å². The molecule has 78 valence electrons. The van der Waals surface area contributed by atoms with Crippen molar-refractivity contribution < 1.29 is 0 Å². The lowest BCUT2D eigenvalue weighted by Gasteiger charge is -2.22. The van der Waals surface area contributed by atoms with Crippen molar-refractivity contribution in [2.45, 2.75) is 26.2 Å². The molecule has 0 saturated heterocycles. The van der Waals surface area contributed by atoms with Crippen LogP contribution in [0.1, 0.15) is 26.3 Å². The smallest absolute Gasteiger partial charge is 0.150 e. The summed E-state index contributed by atoms with van der Waals surface area (Å²) in [5.41, 5.74) is 0.505. The van der Waals surface area contributed by atoms with Crippen molar-refractivity contribution in [3.05, 3.63) is 25.9 Å². The van der Waals surface area contributed by atoms with Gasteiger partial charge >= 0.3 is 0 Å². The maximum Gasteiger partial charge on any atom is 0.150 e. The Morgan fingerprint density at radius 2 is 1.36 bits per heavy atom. The summed E-state index contributed by atoms with van der Waals surface area (Å²) in [5, 5.41) is 1.07. The van der Waals surface area contributed by atoms with E-state index in [9.17, 15) is 0 Å². The van der Waals surface area contributed by atoms with E-state index in [0.29, 0.717) is 10.2 Å². The molecular formula is C9H9Cl4N. The average Bonchev–Trinajstić information content (AvgIpc) is 1.97. The molecule has 0 N–H and O–H groups in total. The summed E-state index contributed by atoms with van der Waals surface area (Å²) in [7, 11) is 0. The quantitative estimate of drug-likeness (QED) is 0.606. The summed E-state index contributed by atoms with van der Waals surface area (Å²) in [6.07, 6.45) is 0. The van der Waals surface area contributed by atoms with Gasteiger partial charge in [0, 0.05) is 5.56 Å². The number of hydrogen-bond acceptors (Lipinski definition) is 1. The highest BCUT2D eigenvalue weighted by Crippen LogP contribution is 2.40. The highest BCUT2D eigenvalue weighted by atomic mass is 35.5. The summed E-state index contributed by atoms with van der Waals surface area (Å²) < 4.78 is 0. The second kappa shape index (κ2) is 4.05. The van der Waals surface area contributed by atoms with Gasteiger partial charge in [0.2, 0.25) is 0 Å². The Morgan fingerprint density at radius 1 is 0.857 bits per heavy atom. The summed E-state index contributed by atoms with van der Waals surface area (Å²) in [5.74, 6) is 0. The first-order valence-corrected chi connectivity index (χ1v) is 5.47. The predicted octanol–water partition coefficient (Wildman–Crippen LogP) is 4.99. The fourth-order valence-corrected chi connectivity index (χ4v) is 2.50. The van der Waals surface area contributed by atoms with Crippen molar-refractivity contribution in [2.24, 2.45) is 0 Å². The molecule has 0 aliphatic heterocycles. The zero-order valence-corrected chi connectivity index (χ0v) is 11.0. The van der Waals surface area contributed by atoms with E-state index >= 15 is 0 Å². The van der Waals surface area contributed by atoms with Crippen molar-refractivity contribution in [2.75, 3.05) is 0 Å². The normalized spacial score (nSPS) is 11.9. The standard InChI is InChI=1S/C9H9Cl4N/c1-9(2,3)4-5(10)6(11)8(13)14-7(4)12/h1-3H3. The molecule has 1 nitrogen and oxygen atoms in total. The number of hydrogen-bond donors (Lipinski definition) is 0. The molecule has 0 aromatic carbocycles. The van der Waals surface area contributed by atoms with Crippen molar-refractivity contribution >= 4 is 46.4 Å². The Kier molecular flexibility index (Phi) is 3.58. The average molecular weight is 273 g/mol. The van der Waals surface area contributed by atoms with Crippen molar-refractivity contribution in [1.29, 1.82) is 0 Å². The number of pyridine rings is 1. The zero-order valence-electron chi connectivity index (χ0n) is 7.96. The summed E-state index contributed by atoms with van der Waals surface area (Å²) >= 11 is 23.6. The van der Waals surface area contributed by atoms with E-state index in [1.807, 2.05) is 20.8 Å². The van der Waals surface area contributed by atoms with Crippen LogP contribution < -0.4 is 0 Å². The van der Waals surface area contributed by atoms with Crippen molar-refractivity contribution in [3.8, 4) is 0 Å². The van der Waals surface area contributed by atoms with E-state index in [2.05, 4.69) is 4.98 Å². The highest BCUT2D eigenvalue weighted by molar-refractivity contribution is 6.48. The lowest BCUT2D eigenvalue weighted by Crippen LogP contribution is -2.13. The third kappa shape index (κ3) is 2.27. The molecule has 0 fully saturated rings. The second-order valence-corrected chi connectivity index (χ2v) is 5.42. The van der Waals surface area contributed by atoms with E-state index in [0.717, 1.165) is 5.56 Å². The molecule has 1 heterocycles. The Morgan fingerprint density at radius 3 is 1.79 bits per heavy atom. The minimum absolute atomic E-state index is 0.134. The number of aromatic nitrogens is 1. The SMILES string of the molecule is CC(C)(C)c1c(Cl)nc(Cl)c(Cl)c1Cl. The van der Waals surface area contributed by atoms with E-state index in [4.69, 9.17) is 46.4 Å². The monoisotopic (exact) mass is 271 g/mol. The molecule has 0 amide bonds. The maximum atomic E-state index is 6.05. The van der Waals surface area contributed by atoms with Crippen LogP contribution in [-0.4, -0.2) is 4.98 Å². The van der Waals surface area contributed by atoms with Gasteiger partial charge in [0.15, 0.2) is 5.15 Å². The molecule has 1 aromatic heterocycles. The van der Waals surface area contributed by atoms with Gasteiger partial charge in [-0.15, -0.1) is 0 Å². The van der Waals surface area contributed by atoms with E-state index in [1.165, 1.54) is 0 Å². The largest absolute Gasteiger partial charge is 0.222 e. The zero-order chi connectivity index (χ0) is 11.1. The van der Waals surface area contributed by atoms with Crippen LogP contribution in [0.15, 0.2) is 0 Å². The Balaban J connectivity index is 3.53. The van der Waals surface area contributed by atoms with Gasteiger partial charge in [-0.25, -0.2) is 4.98 Å². The van der Waals surface area contributed by atoms with Crippen LogP contribution in [0.25, 0.3) is 0 Å². The Hall–Kier alpha value is 0.310. The molecule has 0 aliphatic carbocycles. The molecule has 0 spiro atoms. The van der Waals surface area contributed by atoms with Crippen LogP contribution in [-0.2, 0) is 5.41 Å². The van der Waals surface area contributed by atoms with Gasteiger partial charge in [0.05, 0.1) is 10.0 Å². The molecule has 5 heteroatoms. The first-order valence-electron chi connectivity index (χ1n) is 3.95. The molecule has 0 saturated carbocycles. The molecule has 0 atom stereocenters. The van der Waals surface area contributed by atoms with E-state index in [1.54, 1.807) is 0 Å². The first kappa shape index (κ1) is 12.4. The lowest BCUT2D eigenvalue weighted by atomic mass is 9.88. The van der Waals surface area contributed by atoms with Gasteiger partial charge in [-0.1, -0.05) is 67.2 Å². The molecule has 0 radical (unpaired) electrons. The lowest BCUT2D eigenvalue weighted by molar-refractivity contribution is 0.588. The Labute approximate surface area is 103 Å². The highest BCUT2D eigenvalue weighted by Gasteiger charge is 2.25. The molecule has 0 unspecified atom stereocenters. The summed E-state index contributed by atoms with van der Waals surface area (Å²) in [6, 6.07) is 0. The van der Waals surface area contributed by atoms with Crippen molar-refractivity contribution in [1.82, 2.24) is 4.98 Å². The summed E-state index contributed by atoms with van der Waals surface area (Å²) in [4.78, 5) is 3.91. The minimum atomic E-state index is -0.213. The molecule has 14 heavy (non-hydrogen) atoms. The first-order chi connectivity index (χ1) is 6.25. The number of nitrogens with zero attached hydrogens (tertiary/aromatic N) is 1. The van der Waals surface area contributed by atoms with Crippen LogP contribution in [0, 0.1) is 0 Å².